The molecule has 6 nitrogen and oxygen atoms in total. The van der Waals surface area contributed by atoms with Crippen molar-refractivity contribution in [3.05, 3.63) is 131 Å². The van der Waals surface area contributed by atoms with Gasteiger partial charge < -0.3 is 14.4 Å². The number of allylic oxidation sites excluding steroid dienone is 1. The maximum Gasteiger partial charge on any atom is 0.449 e. The monoisotopic (exact) mass is 613 g/mol. The second-order valence-electron chi connectivity index (χ2n) is 11.7. The number of aliphatic hydroxyl groups excluding tert-OH is 1. The Labute approximate surface area is 259 Å². The number of pyridine rings is 2. The standard InChI is InChI=1S/C36H34F3N3O3/c1-6-28-18-30(33-31(41-28)16-22(2)19-40-33)34(44)42(21-29-14-15-32(45-29)36(37,38)39)20-24-10-12-25(13-11-24)26-8-7-9-27(17-26)35(4,5)23(3)43/h7-19,43H,3,6,20-21H2,1-2,4-5H3. The van der Waals surface area contributed by atoms with Crippen LogP contribution in [0.1, 0.15) is 65.0 Å². The van der Waals surface area contributed by atoms with Crippen molar-refractivity contribution in [1.29, 1.82) is 0 Å². The van der Waals surface area contributed by atoms with Gasteiger partial charge in [0.05, 0.1) is 23.4 Å². The molecule has 1 amide bonds. The number of rotatable bonds is 9. The van der Waals surface area contributed by atoms with Crippen LogP contribution in [0.15, 0.2) is 95.7 Å². The number of carbonyl (C=O) groups is 1. The molecule has 0 fully saturated rings. The Bertz CT molecular complexity index is 1870. The predicted molar refractivity (Wildman–Crippen MR) is 168 cm³/mol. The van der Waals surface area contributed by atoms with Crippen LogP contribution in [0.2, 0.25) is 0 Å². The number of aryl methyl sites for hydroxylation is 2. The lowest BCUT2D eigenvalue weighted by atomic mass is 9.82. The van der Waals surface area contributed by atoms with Gasteiger partial charge in [0.2, 0.25) is 5.76 Å². The molecule has 0 bridgehead atoms. The second kappa shape index (κ2) is 12.2. The molecule has 0 aliphatic carbocycles. The molecule has 3 heterocycles. The van der Waals surface area contributed by atoms with Crippen LogP contribution in [-0.2, 0) is 31.1 Å². The fourth-order valence-electron chi connectivity index (χ4n) is 5.06. The number of hydrogen-bond acceptors (Lipinski definition) is 5. The first kappa shape index (κ1) is 31.5. The SMILES string of the molecule is C=C(O)C(C)(C)c1cccc(-c2ccc(CN(Cc3ccc(C(F)(F)F)o3)C(=O)c3cc(CC)nc4cc(C)cnc34)cc2)c1. The molecule has 232 valence electrons. The second-order valence-corrected chi connectivity index (χ2v) is 11.7. The number of alkyl halides is 3. The molecule has 0 atom stereocenters. The third-order valence-corrected chi connectivity index (χ3v) is 7.97. The first-order valence-electron chi connectivity index (χ1n) is 14.6. The third-order valence-electron chi connectivity index (χ3n) is 7.97. The molecule has 2 aromatic carbocycles. The molecule has 0 radical (unpaired) electrons. The molecule has 0 saturated carbocycles. The van der Waals surface area contributed by atoms with Crippen molar-refractivity contribution in [3.63, 3.8) is 0 Å². The summed E-state index contributed by atoms with van der Waals surface area (Å²) >= 11 is 0. The number of carbonyl (C=O) groups excluding carboxylic acids is 1. The van der Waals surface area contributed by atoms with Crippen LogP contribution in [0.5, 0.6) is 0 Å². The largest absolute Gasteiger partial charge is 0.512 e. The molecule has 5 aromatic rings. The summed E-state index contributed by atoms with van der Waals surface area (Å²) < 4.78 is 45.0. The Hall–Kier alpha value is -4.92. The van der Waals surface area contributed by atoms with E-state index in [1.807, 2.05) is 82.3 Å². The number of nitrogens with zero attached hydrogens (tertiary/aromatic N) is 3. The van der Waals surface area contributed by atoms with Gasteiger partial charge in [-0.3, -0.25) is 14.8 Å². The number of aliphatic hydroxyl groups is 1. The lowest BCUT2D eigenvalue weighted by Crippen LogP contribution is -2.30. The van der Waals surface area contributed by atoms with E-state index in [0.29, 0.717) is 28.7 Å². The molecule has 5 rings (SSSR count). The highest BCUT2D eigenvalue weighted by Gasteiger charge is 2.35. The van der Waals surface area contributed by atoms with E-state index >= 15 is 0 Å². The van der Waals surface area contributed by atoms with Crippen LogP contribution in [0, 0.1) is 6.92 Å². The molecule has 0 spiro atoms. The minimum absolute atomic E-state index is 0.00933. The summed E-state index contributed by atoms with van der Waals surface area (Å²) in [5.41, 5.74) is 5.83. The fraction of sp³-hybridized carbons (Fsp3) is 0.250. The Morgan fingerprint density at radius 3 is 2.36 bits per heavy atom. The Balaban J connectivity index is 1.49. The smallest absolute Gasteiger partial charge is 0.449 e. The predicted octanol–water partition coefficient (Wildman–Crippen LogP) is 8.97. The van der Waals surface area contributed by atoms with Gasteiger partial charge in [-0.2, -0.15) is 13.2 Å². The van der Waals surface area contributed by atoms with Crippen molar-refractivity contribution in [1.82, 2.24) is 14.9 Å². The van der Waals surface area contributed by atoms with E-state index in [0.717, 1.165) is 33.9 Å². The number of hydrogen-bond donors (Lipinski definition) is 1. The first-order chi connectivity index (χ1) is 21.3. The van der Waals surface area contributed by atoms with Crippen LogP contribution >= 0.6 is 0 Å². The van der Waals surface area contributed by atoms with Gasteiger partial charge in [0.25, 0.3) is 5.91 Å². The molecule has 45 heavy (non-hydrogen) atoms. The van der Waals surface area contributed by atoms with Crippen LogP contribution in [0.3, 0.4) is 0 Å². The van der Waals surface area contributed by atoms with Crippen molar-refractivity contribution < 1.29 is 27.5 Å². The van der Waals surface area contributed by atoms with Crippen LogP contribution in [-0.4, -0.2) is 25.9 Å². The van der Waals surface area contributed by atoms with E-state index in [1.54, 1.807) is 12.3 Å². The zero-order chi connectivity index (χ0) is 32.5. The summed E-state index contributed by atoms with van der Waals surface area (Å²) in [6.07, 6.45) is -2.40. The molecule has 0 unspecified atom stereocenters. The molecule has 0 saturated heterocycles. The summed E-state index contributed by atoms with van der Waals surface area (Å²) in [6.45, 7) is 11.2. The highest BCUT2D eigenvalue weighted by atomic mass is 19.4. The van der Waals surface area contributed by atoms with E-state index < -0.39 is 23.3 Å². The average Bonchev–Trinajstić information content (AvgIpc) is 3.49. The summed E-state index contributed by atoms with van der Waals surface area (Å²) in [5.74, 6) is -1.45. The van der Waals surface area contributed by atoms with Crippen LogP contribution in [0.25, 0.3) is 22.2 Å². The number of halogens is 3. The van der Waals surface area contributed by atoms with Gasteiger partial charge in [-0.25, -0.2) is 0 Å². The van der Waals surface area contributed by atoms with Gasteiger partial charge in [-0.15, -0.1) is 0 Å². The maximum atomic E-state index is 14.2. The number of fused-ring (bicyclic) bond motifs is 1. The fourth-order valence-corrected chi connectivity index (χ4v) is 5.06. The number of amides is 1. The Kier molecular flexibility index (Phi) is 8.56. The Morgan fingerprint density at radius 1 is 0.978 bits per heavy atom. The molecule has 0 aliphatic rings. The summed E-state index contributed by atoms with van der Waals surface area (Å²) in [6, 6.07) is 21.1. The minimum Gasteiger partial charge on any atom is -0.512 e. The van der Waals surface area contributed by atoms with Gasteiger partial charge in [-0.1, -0.05) is 62.0 Å². The summed E-state index contributed by atoms with van der Waals surface area (Å²) in [4.78, 5) is 24.7. The quantitative estimate of drug-likeness (QED) is 0.168. The van der Waals surface area contributed by atoms with Crippen molar-refractivity contribution in [2.24, 2.45) is 0 Å². The molecule has 1 N–H and O–H groups in total. The van der Waals surface area contributed by atoms with E-state index in [9.17, 15) is 23.1 Å². The van der Waals surface area contributed by atoms with Crippen molar-refractivity contribution in [2.75, 3.05) is 0 Å². The lowest BCUT2D eigenvalue weighted by Gasteiger charge is -2.24. The van der Waals surface area contributed by atoms with Crippen molar-refractivity contribution in [3.8, 4) is 11.1 Å². The third kappa shape index (κ3) is 6.77. The molecule has 0 aliphatic heterocycles. The molecular weight excluding hydrogens is 579 g/mol. The zero-order valence-corrected chi connectivity index (χ0v) is 25.6. The van der Waals surface area contributed by atoms with Gasteiger partial charge in [-0.05, 0) is 79.3 Å². The molecule has 9 heteroatoms. The van der Waals surface area contributed by atoms with Crippen molar-refractivity contribution in [2.45, 2.75) is 58.8 Å². The average molecular weight is 614 g/mol. The van der Waals surface area contributed by atoms with Gasteiger partial charge in [0.1, 0.15) is 11.3 Å². The van der Waals surface area contributed by atoms with Gasteiger partial charge >= 0.3 is 6.18 Å². The first-order valence-corrected chi connectivity index (χ1v) is 14.6. The normalized spacial score (nSPS) is 12.0. The molecular formula is C36H34F3N3O3. The lowest BCUT2D eigenvalue weighted by molar-refractivity contribution is -0.153. The van der Waals surface area contributed by atoms with Crippen LogP contribution in [0.4, 0.5) is 13.2 Å². The topological polar surface area (TPSA) is 79.5 Å². The number of furan rings is 1. The maximum absolute atomic E-state index is 14.2. The molecule has 3 aromatic heterocycles. The summed E-state index contributed by atoms with van der Waals surface area (Å²) in [5, 5.41) is 10.1. The minimum atomic E-state index is -4.64. The number of aromatic nitrogens is 2. The van der Waals surface area contributed by atoms with E-state index in [2.05, 4.69) is 16.5 Å². The summed E-state index contributed by atoms with van der Waals surface area (Å²) in [7, 11) is 0. The van der Waals surface area contributed by atoms with Gasteiger partial charge in [0, 0.05) is 23.9 Å². The number of benzene rings is 2. The van der Waals surface area contributed by atoms with E-state index in [1.165, 1.54) is 11.0 Å². The Morgan fingerprint density at radius 2 is 1.71 bits per heavy atom. The highest BCUT2D eigenvalue weighted by Crippen LogP contribution is 2.33. The highest BCUT2D eigenvalue weighted by molar-refractivity contribution is 6.04. The van der Waals surface area contributed by atoms with Crippen molar-refractivity contribution >= 4 is 16.9 Å². The van der Waals surface area contributed by atoms with Crippen LogP contribution < -0.4 is 0 Å². The van der Waals surface area contributed by atoms with E-state index in [4.69, 9.17) is 4.42 Å². The van der Waals surface area contributed by atoms with Gasteiger partial charge in [0.15, 0.2) is 0 Å². The van der Waals surface area contributed by atoms with E-state index in [-0.39, 0.29) is 24.6 Å². The zero-order valence-electron chi connectivity index (χ0n) is 25.6.